The van der Waals surface area contributed by atoms with Crippen molar-refractivity contribution in [1.82, 2.24) is 10.2 Å². The van der Waals surface area contributed by atoms with Crippen LogP contribution in [0.1, 0.15) is 71.8 Å². The smallest absolute Gasteiger partial charge is 0.247 e. The van der Waals surface area contributed by atoms with Crippen molar-refractivity contribution < 1.29 is 14.7 Å². The molecular formula is C31H45N5O3. The maximum atomic E-state index is 13.4. The first-order valence-electron chi connectivity index (χ1n) is 13.8. The second kappa shape index (κ2) is 15.2. The van der Waals surface area contributed by atoms with Crippen molar-refractivity contribution >= 4 is 24.6 Å². The van der Waals surface area contributed by atoms with Crippen LogP contribution in [0.15, 0.2) is 53.2 Å². The van der Waals surface area contributed by atoms with E-state index in [0.717, 1.165) is 24.1 Å². The molecule has 2 N–H and O–H groups in total. The number of nitrogens with one attached hydrogen (secondary N) is 1. The van der Waals surface area contributed by atoms with Gasteiger partial charge in [0, 0.05) is 37.0 Å². The Morgan fingerprint density at radius 2 is 1.90 bits per heavy atom. The van der Waals surface area contributed by atoms with E-state index in [-0.39, 0.29) is 17.4 Å². The minimum Gasteiger partial charge on any atom is -0.391 e. The van der Waals surface area contributed by atoms with Gasteiger partial charge >= 0.3 is 0 Å². The first-order chi connectivity index (χ1) is 18.5. The molecule has 1 aliphatic carbocycles. The lowest BCUT2D eigenvalue weighted by Crippen LogP contribution is -2.49. The van der Waals surface area contributed by atoms with Crippen LogP contribution < -0.4 is 10.2 Å². The summed E-state index contributed by atoms with van der Waals surface area (Å²) in [4.78, 5) is 30.8. The molecule has 1 saturated heterocycles. The second-order valence-electron chi connectivity index (χ2n) is 11.3. The number of aliphatic hydroxyl groups is 1. The van der Waals surface area contributed by atoms with Crippen molar-refractivity contribution in [2.75, 3.05) is 18.5 Å². The van der Waals surface area contributed by atoms with Gasteiger partial charge in [-0.25, -0.2) is 0 Å². The summed E-state index contributed by atoms with van der Waals surface area (Å²) in [6, 6.07) is 7.88. The number of aliphatic imine (C=N–C) groups is 1. The van der Waals surface area contributed by atoms with E-state index in [1.807, 2.05) is 37.2 Å². The summed E-state index contributed by atoms with van der Waals surface area (Å²) in [5.41, 5.74) is 3.20. The SMILES string of the molecule is C=N/C=C(\C=C/C)C(C(=O)NC1CCCCC1)N(C)c1ccc(C(C)(C)C)cc1.N#CN1CC(O)CC1C=O. The second-order valence-corrected chi connectivity index (χ2v) is 11.3. The molecule has 1 aromatic rings. The molecule has 8 heteroatoms. The van der Waals surface area contributed by atoms with E-state index in [9.17, 15) is 9.59 Å². The van der Waals surface area contributed by atoms with Crippen LogP contribution >= 0.6 is 0 Å². The molecule has 0 bridgehead atoms. The standard InChI is InChI=1S/C25H37N3O.C6H8N2O2/c1-7-11-19(18-26-5)23(24(29)27-21-12-9-8-10-13-21)28(6)22-16-14-20(15-17-22)25(2,3)4;7-4-8-2-6(10)1-5(8)3-9/h7,11,14-18,21,23H,5,8-10,12-13H2,1-4,6H3,(H,27,29);3,5-6,10H,1-2H2/b11-7-,19-18+;. The summed E-state index contributed by atoms with van der Waals surface area (Å²) in [6.07, 6.45) is 13.7. The highest BCUT2D eigenvalue weighted by Gasteiger charge is 2.30. The summed E-state index contributed by atoms with van der Waals surface area (Å²) in [6.45, 7) is 12.5. The number of anilines is 1. The van der Waals surface area contributed by atoms with Crippen LogP contribution in [-0.2, 0) is 15.0 Å². The van der Waals surface area contributed by atoms with Gasteiger partial charge in [0.05, 0.1) is 18.7 Å². The number of likely N-dealkylation sites (tertiary alicyclic amines) is 1. The molecule has 212 valence electrons. The largest absolute Gasteiger partial charge is 0.391 e. The summed E-state index contributed by atoms with van der Waals surface area (Å²) in [5.74, 6) is 0.0206. The Kier molecular flexibility index (Phi) is 12.4. The van der Waals surface area contributed by atoms with Gasteiger partial charge in [-0.15, -0.1) is 0 Å². The van der Waals surface area contributed by atoms with Crippen LogP contribution in [0.2, 0.25) is 0 Å². The first-order valence-corrected chi connectivity index (χ1v) is 13.8. The van der Waals surface area contributed by atoms with E-state index in [2.05, 4.69) is 62.1 Å². The highest BCUT2D eigenvalue weighted by molar-refractivity contribution is 5.89. The van der Waals surface area contributed by atoms with Crippen LogP contribution in [0.25, 0.3) is 0 Å². The fraction of sp³-hybridized carbons (Fsp3) is 0.548. The molecule has 1 saturated carbocycles. The van der Waals surface area contributed by atoms with E-state index in [0.29, 0.717) is 19.3 Å². The van der Waals surface area contributed by atoms with E-state index < -0.39 is 18.2 Å². The van der Waals surface area contributed by atoms with E-state index >= 15 is 0 Å². The highest BCUT2D eigenvalue weighted by atomic mass is 16.3. The lowest BCUT2D eigenvalue weighted by Gasteiger charge is -2.33. The Morgan fingerprint density at radius 3 is 2.38 bits per heavy atom. The van der Waals surface area contributed by atoms with Gasteiger partial charge in [0.15, 0.2) is 6.19 Å². The van der Waals surface area contributed by atoms with Gasteiger partial charge in [0.2, 0.25) is 5.91 Å². The highest BCUT2D eigenvalue weighted by Crippen LogP contribution is 2.27. The Morgan fingerprint density at radius 1 is 1.26 bits per heavy atom. The zero-order valence-electron chi connectivity index (χ0n) is 24.1. The van der Waals surface area contributed by atoms with Crippen LogP contribution in [0.3, 0.4) is 0 Å². The monoisotopic (exact) mass is 535 g/mol. The minimum atomic E-state index is -0.519. The number of hydrogen-bond donors (Lipinski definition) is 2. The summed E-state index contributed by atoms with van der Waals surface area (Å²) in [7, 11) is 1.97. The number of rotatable bonds is 8. The molecule has 1 aliphatic heterocycles. The third-order valence-electron chi connectivity index (χ3n) is 7.25. The molecule has 1 aromatic carbocycles. The fourth-order valence-electron chi connectivity index (χ4n) is 5.01. The zero-order chi connectivity index (χ0) is 29.0. The van der Waals surface area contributed by atoms with Crippen molar-refractivity contribution in [3.63, 3.8) is 0 Å². The van der Waals surface area contributed by atoms with Gasteiger partial charge in [-0.3, -0.25) is 14.7 Å². The number of hydrogen-bond acceptors (Lipinski definition) is 7. The number of carbonyl (C=O) groups excluding carboxylic acids is 2. The number of nitriles is 1. The van der Waals surface area contributed by atoms with Gasteiger partial charge < -0.3 is 20.1 Å². The van der Waals surface area contributed by atoms with Gasteiger partial charge in [-0.1, -0.05) is 64.3 Å². The molecule has 1 amide bonds. The van der Waals surface area contributed by atoms with Gasteiger partial charge in [0.25, 0.3) is 0 Å². The van der Waals surface area contributed by atoms with Crippen molar-refractivity contribution in [3.05, 3.63) is 53.8 Å². The molecular weight excluding hydrogens is 490 g/mol. The summed E-state index contributed by atoms with van der Waals surface area (Å²) >= 11 is 0. The molecule has 3 unspecified atom stereocenters. The van der Waals surface area contributed by atoms with Crippen LogP contribution in [0, 0.1) is 11.5 Å². The molecule has 3 atom stereocenters. The van der Waals surface area contributed by atoms with E-state index in [1.54, 1.807) is 6.20 Å². The lowest BCUT2D eigenvalue weighted by molar-refractivity contribution is -0.122. The Labute approximate surface area is 234 Å². The van der Waals surface area contributed by atoms with Crippen LogP contribution in [0.4, 0.5) is 5.69 Å². The average molecular weight is 536 g/mol. The Balaban J connectivity index is 0.000000446. The third kappa shape index (κ3) is 9.36. The summed E-state index contributed by atoms with van der Waals surface area (Å²) < 4.78 is 0. The topological polar surface area (TPSA) is 109 Å². The van der Waals surface area contributed by atoms with Crippen molar-refractivity contribution in [3.8, 4) is 6.19 Å². The minimum absolute atomic E-state index is 0.0206. The number of benzene rings is 1. The quantitative estimate of drug-likeness (QED) is 0.220. The fourth-order valence-corrected chi connectivity index (χ4v) is 5.01. The zero-order valence-corrected chi connectivity index (χ0v) is 24.1. The van der Waals surface area contributed by atoms with Crippen molar-refractivity contribution in [1.29, 1.82) is 5.26 Å². The number of likely N-dealkylation sites (N-methyl/N-ethyl adjacent to an activating group) is 1. The molecule has 3 rings (SSSR count). The first kappa shape index (κ1) is 31.8. The molecule has 1 heterocycles. The van der Waals surface area contributed by atoms with E-state index in [4.69, 9.17) is 10.4 Å². The maximum Gasteiger partial charge on any atom is 0.247 e. The number of aliphatic hydroxyl groups excluding tert-OH is 1. The van der Waals surface area contributed by atoms with Crippen LogP contribution in [-0.4, -0.2) is 66.7 Å². The molecule has 8 nitrogen and oxygen atoms in total. The lowest BCUT2D eigenvalue weighted by atomic mass is 9.87. The van der Waals surface area contributed by atoms with Crippen LogP contribution in [0.5, 0.6) is 0 Å². The normalized spacial score (nSPS) is 20.9. The number of carbonyl (C=O) groups is 2. The maximum absolute atomic E-state index is 13.4. The van der Waals surface area contributed by atoms with Gasteiger partial charge in [0.1, 0.15) is 12.3 Å². The predicted molar refractivity (Wildman–Crippen MR) is 158 cm³/mol. The average Bonchev–Trinajstić information content (AvgIpc) is 3.29. The summed E-state index contributed by atoms with van der Waals surface area (Å²) in [5, 5.41) is 20.7. The number of nitrogens with zero attached hydrogens (tertiary/aromatic N) is 4. The number of β-amino-alcohol motifs (C(OH)–C–C–N with tert-alkyl or cyclic N) is 1. The number of aldehydes is 1. The molecule has 0 radical (unpaired) electrons. The molecule has 2 fully saturated rings. The van der Waals surface area contributed by atoms with E-state index in [1.165, 1.54) is 29.7 Å². The molecule has 2 aliphatic rings. The molecule has 0 aromatic heterocycles. The third-order valence-corrected chi connectivity index (χ3v) is 7.25. The van der Waals surface area contributed by atoms with Crippen molar-refractivity contribution in [2.45, 2.75) is 95.9 Å². The van der Waals surface area contributed by atoms with Gasteiger partial charge in [-0.2, -0.15) is 5.26 Å². The number of amides is 1. The predicted octanol–water partition coefficient (Wildman–Crippen LogP) is 4.50. The Bertz CT molecular complexity index is 1050. The van der Waals surface area contributed by atoms with Gasteiger partial charge in [-0.05, 0) is 49.6 Å². The molecule has 39 heavy (non-hydrogen) atoms. The Hall–Kier alpha value is -3.44. The number of allylic oxidation sites excluding steroid dienone is 1. The molecule has 0 spiro atoms. The van der Waals surface area contributed by atoms with Crippen molar-refractivity contribution in [2.24, 2.45) is 4.99 Å².